The Morgan fingerprint density at radius 2 is 1.68 bits per heavy atom. The molecule has 0 aliphatic heterocycles. The fourth-order valence-electron chi connectivity index (χ4n) is 4.27. The van der Waals surface area contributed by atoms with Crippen molar-refractivity contribution in [1.82, 2.24) is 9.97 Å². The van der Waals surface area contributed by atoms with Crippen LogP contribution < -0.4 is 5.32 Å². The predicted octanol–water partition coefficient (Wildman–Crippen LogP) is 6.60. The van der Waals surface area contributed by atoms with Gasteiger partial charge in [-0.2, -0.15) is 0 Å². The van der Waals surface area contributed by atoms with Gasteiger partial charge in [0.05, 0.1) is 5.39 Å². The molecule has 2 heterocycles. The molecule has 0 fully saturated rings. The average molecular weight is 386 g/mol. The molecule has 2 aromatic heterocycles. The number of aryl methyl sites for hydroxylation is 4. The molecule has 4 aromatic rings. The Morgan fingerprint density at radius 3 is 2.50 bits per heavy atom. The van der Waals surface area contributed by atoms with Gasteiger partial charge in [0.1, 0.15) is 17.0 Å². The molecule has 140 valence electrons. The van der Waals surface area contributed by atoms with Gasteiger partial charge in [-0.05, 0) is 79.5 Å². The normalized spacial score (nSPS) is 13.5. The summed E-state index contributed by atoms with van der Waals surface area (Å²) in [5.41, 5.74) is 9.07. The van der Waals surface area contributed by atoms with Crippen molar-refractivity contribution in [3.63, 3.8) is 0 Å². The Balaban J connectivity index is 1.61. The monoisotopic (exact) mass is 385 g/mol. The molecule has 0 atom stereocenters. The number of anilines is 2. The van der Waals surface area contributed by atoms with E-state index in [4.69, 9.17) is 0 Å². The first-order chi connectivity index (χ1) is 13.7. The lowest BCUT2D eigenvalue weighted by Crippen LogP contribution is -2.02. The maximum absolute atomic E-state index is 4.59. The van der Waals surface area contributed by atoms with Crippen LogP contribution in [0.2, 0.25) is 0 Å². The third kappa shape index (κ3) is 3.18. The maximum Gasteiger partial charge on any atom is 0.143 e. The summed E-state index contributed by atoms with van der Waals surface area (Å²) in [7, 11) is 0. The summed E-state index contributed by atoms with van der Waals surface area (Å²) >= 11 is 1.69. The highest BCUT2D eigenvalue weighted by Crippen LogP contribution is 2.38. The molecule has 28 heavy (non-hydrogen) atoms. The first-order valence-corrected chi connectivity index (χ1v) is 10.7. The first kappa shape index (κ1) is 17.4. The van der Waals surface area contributed by atoms with Gasteiger partial charge in [0.25, 0.3) is 0 Å². The van der Waals surface area contributed by atoms with Crippen LogP contribution in [-0.4, -0.2) is 9.97 Å². The molecule has 0 spiro atoms. The van der Waals surface area contributed by atoms with Crippen LogP contribution >= 0.6 is 11.3 Å². The van der Waals surface area contributed by atoms with Gasteiger partial charge in [-0.1, -0.05) is 24.3 Å². The third-order valence-electron chi connectivity index (χ3n) is 5.51. The smallest absolute Gasteiger partial charge is 0.143 e. The molecule has 0 bridgehead atoms. The van der Waals surface area contributed by atoms with Gasteiger partial charge in [0.15, 0.2) is 0 Å². The highest BCUT2D eigenvalue weighted by atomic mass is 32.1. The highest BCUT2D eigenvalue weighted by molar-refractivity contribution is 7.17. The molecule has 4 heteroatoms. The fourth-order valence-corrected chi connectivity index (χ4v) is 5.18. The van der Waals surface area contributed by atoms with E-state index in [-0.39, 0.29) is 0 Å². The van der Waals surface area contributed by atoms with E-state index in [0.29, 0.717) is 0 Å². The van der Waals surface area contributed by atoms with Crippen molar-refractivity contribution >= 4 is 33.1 Å². The molecule has 2 aromatic carbocycles. The van der Waals surface area contributed by atoms with E-state index in [1.807, 2.05) is 0 Å². The lowest BCUT2D eigenvalue weighted by Gasteiger charge is -2.16. The number of thiophene rings is 1. The summed E-state index contributed by atoms with van der Waals surface area (Å²) < 4.78 is 0. The molecule has 3 nitrogen and oxygen atoms in total. The van der Waals surface area contributed by atoms with Crippen molar-refractivity contribution in [3.8, 4) is 11.1 Å². The molecular formula is C24H23N3S. The van der Waals surface area contributed by atoms with Crippen LogP contribution in [-0.2, 0) is 12.8 Å². The minimum absolute atomic E-state index is 0.879. The van der Waals surface area contributed by atoms with Crippen LogP contribution in [0.3, 0.4) is 0 Å². The van der Waals surface area contributed by atoms with Gasteiger partial charge in [0.2, 0.25) is 0 Å². The summed E-state index contributed by atoms with van der Waals surface area (Å²) in [5.74, 6) is 0.879. The topological polar surface area (TPSA) is 37.8 Å². The largest absolute Gasteiger partial charge is 0.340 e. The van der Waals surface area contributed by atoms with Gasteiger partial charge >= 0.3 is 0 Å². The Kier molecular flexibility index (Phi) is 4.36. The number of fused-ring (bicyclic) bond motifs is 2. The van der Waals surface area contributed by atoms with Crippen LogP contribution in [0.1, 0.15) is 35.1 Å². The van der Waals surface area contributed by atoms with E-state index >= 15 is 0 Å². The number of rotatable bonds is 3. The van der Waals surface area contributed by atoms with Gasteiger partial charge in [-0.3, -0.25) is 0 Å². The Hall–Kier alpha value is -2.72. The van der Waals surface area contributed by atoms with Gasteiger partial charge < -0.3 is 5.32 Å². The Morgan fingerprint density at radius 1 is 0.893 bits per heavy atom. The summed E-state index contributed by atoms with van der Waals surface area (Å²) in [6.07, 6.45) is 6.66. The van der Waals surface area contributed by atoms with Gasteiger partial charge in [-0.25, -0.2) is 9.97 Å². The first-order valence-electron chi connectivity index (χ1n) is 9.87. The Labute approximate surface area is 169 Å². The minimum atomic E-state index is 0.879. The van der Waals surface area contributed by atoms with E-state index in [0.717, 1.165) is 21.7 Å². The number of hydrogen-bond donors (Lipinski definition) is 1. The zero-order valence-electron chi connectivity index (χ0n) is 16.2. The van der Waals surface area contributed by atoms with Crippen molar-refractivity contribution in [2.24, 2.45) is 0 Å². The molecule has 0 unspecified atom stereocenters. The number of nitrogens with one attached hydrogen (secondary N) is 1. The summed E-state index contributed by atoms with van der Waals surface area (Å²) in [4.78, 5) is 10.1. The maximum atomic E-state index is 4.59. The highest BCUT2D eigenvalue weighted by Gasteiger charge is 2.16. The number of nitrogens with zero attached hydrogens (tertiary/aromatic N) is 2. The SMILES string of the molecule is Cc1cc(C)cc(Nc2ncnc3scc(-c4ccc5c(c4)CCCC5)c23)c1. The van der Waals surface area contributed by atoms with Crippen molar-refractivity contribution in [2.75, 3.05) is 5.32 Å². The van der Waals surface area contributed by atoms with E-state index in [2.05, 4.69) is 70.9 Å². The average Bonchev–Trinajstić information content (AvgIpc) is 3.12. The van der Waals surface area contributed by atoms with Crippen molar-refractivity contribution < 1.29 is 0 Å². The van der Waals surface area contributed by atoms with Gasteiger partial charge in [0, 0.05) is 16.6 Å². The molecule has 0 radical (unpaired) electrons. The van der Waals surface area contributed by atoms with E-state index < -0.39 is 0 Å². The summed E-state index contributed by atoms with van der Waals surface area (Å²) in [6.45, 7) is 4.24. The molecule has 0 saturated carbocycles. The van der Waals surface area contributed by atoms with E-state index in [1.165, 1.54) is 59.1 Å². The molecule has 1 aliphatic carbocycles. The second-order valence-corrected chi connectivity index (χ2v) is 8.60. The number of aromatic nitrogens is 2. The molecule has 0 amide bonds. The zero-order chi connectivity index (χ0) is 19.1. The van der Waals surface area contributed by atoms with E-state index in [9.17, 15) is 0 Å². The van der Waals surface area contributed by atoms with Crippen LogP contribution in [0.5, 0.6) is 0 Å². The van der Waals surface area contributed by atoms with Gasteiger partial charge in [-0.15, -0.1) is 11.3 Å². The van der Waals surface area contributed by atoms with Crippen LogP contribution in [0.25, 0.3) is 21.3 Å². The number of benzene rings is 2. The van der Waals surface area contributed by atoms with Crippen LogP contribution in [0.15, 0.2) is 48.1 Å². The molecule has 1 aliphatic rings. The molecule has 0 saturated heterocycles. The van der Waals surface area contributed by atoms with Crippen LogP contribution in [0, 0.1) is 13.8 Å². The summed E-state index contributed by atoms with van der Waals surface area (Å²) in [5, 5.41) is 6.87. The lowest BCUT2D eigenvalue weighted by molar-refractivity contribution is 0.686. The standard InChI is InChI=1S/C24H23N3S/c1-15-9-16(2)11-20(10-15)27-23-22-21(13-28-24(22)26-14-25-23)19-8-7-17-5-3-4-6-18(17)12-19/h7-14H,3-6H2,1-2H3,(H,25,26,27). The fraction of sp³-hybridized carbons (Fsp3) is 0.250. The summed E-state index contributed by atoms with van der Waals surface area (Å²) in [6, 6.07) is 13.5. The molecular weight excluding hydrogens is 362 g/mol. The van der Waals surface area contributed by atoms with E-state index in [1.54, 1.807) is 17.7 Å². The Bertz CT molecular complexity index is 1160. The second-order valence-electron chi connectivity index (χ2n) is 7.74. The van der Waals surface area contributed by atoms with Crippen molar-refractivity contribution in [3.05, 3.63) is 70.4 Å². The quantitative estimate of drug-likeness (QED) is 0.432. The predicted molar refractivity (Wildman–Crippen MR) is 119 cm³/mol. The second kappa shape index (κ2) is 7.02. The van der Waals surface area contributed by atoms with Crippen molar-refractivity contribution in [1.29, 1.82) is 0 Å². The minimum Gasteiger partial charge on any atom is -0.340 e. The molecule has 5 rings (SSSR count). The van der Waals surface area contributed by atoms with Crippen LogP contribution in [0.4, 0.5) is 11.5 Å². The zero-order valence-corrected chi connectivity index (χ0v) is 17.1. The van der Waals surface area contributed by atoms with Crippen molar-refractivity contribution in [2.45, 2.75) is 39.5 Å². The lowest BCUT2D eigenvalue weighted by atomic mass is 9.89. The number of hydrogen-bond acceptors (Lipinski definition) is 4. The molecule has 1 N–H and O–H groups in total. The third-order valence-corrected chi connectivity index (χ3v) is 6.40.